The number of aryl methyl sites for hydroxylation is 1. The molecule has 1 aromatic carbocycles. The van der Waals surface area contributed by atoms with Crippen LogP contribution in [0, 0.1) is 6.92 Å². The molecule has 5 heteroatoms. The van der Waals surface area contributed by atoms with E-state index in [-0.39, 0.29) is 18.9 Å². The van der Waals surface area contributed by atoms with Crippen molar-refractivity contribution in [3.05, 3.63) is 29.8 Å². The van der Waals surface area contributed by atoms with Crippen LogP contribution in [0.5, 0.6) is 5.75 Å². The first-order valence-electron chi connectivity index (χ1n) is 6.68. The first-order valence-corrected chi connectivity index (χ1v) is 6.68. The summed E-state index contributed by atoms with van der Waals surface area (Å²) in [4.78, 5) is 24.3. The number of carbonyl (C=O) groups excluding carboxylic acids is 1. The lowest BCUT2D eigenvalue weighted by atomic mass is 10.2. The molecule has 1 unspecified atom stereocenters. The number of ether oxygens (including phenoxy) is 1. The molecule has 1 rings (SSSR count). The summed E-state index contributed by atoms with van der Waals surface area (Å²) in [6, 6.07) is 7.47. The van der Waals surface area contributed by atoms with E-state index in [1.165, 1.54) is 4.90 Å². The quantitative estimate of drug-likeness (QED) is 0.830. The minimum absolute atomic E-state index is 0.0588. The molecule has 1 amide bonds. The van der Waals surface area contributed by atoms with E-state index in [1.807, 2.05) is 32.0 Å². The third kappa shape index (κ3) is 4.91. The number of likely N-dealkylation sites (N-methyl/N-ethyl adjacent to an activating group) is 1. The predicted molar refractivity (Wildman–Crippen MR) is 75.8 cm³/mol. The second-order valence-electron chi connectivity index (χ2n) is 4.64. The molecule has 1 N–H and O–H groups in total. The largest absolute Gasteiger partial charge is 0.481 e. The smallest absolute Gasteiger partial charge is 0.305 e. The van der Waals surface area contributed by atoms with E-state index in [0.717, 1.165) is 5.56 Å². The highest BCUT2D eigenvalue weighted by molar-refractivity contribution is 5.81. The molecule has 0 aliphatic heterocycles. The van der Waals surface area contributed by atoms with Crippen LogP contribution in [0.25, 0.3) is 0 Å². The molecule has 0 aromatic heterocycles. The van der Waals surface area contributed by atoms with Gasteiger partial charge >= 0.3 is 5.97 Å². The average Bonchev–Trinajstić information content (AvgIpc) is 2.38. The normalized spacial score (nSPS) is 11.8. The van der Waals surface area contributed by atoms with Gasteiger partial charge < -0.3 is 14.7 Å². The van der Waals surface area contributed by atoms with Crippen molar-refractivity contribution in [2.45, 2.75) is 33.3 Å². The Morgan fingerprint density at radius 3 is 2.65 bits per heavy atom. The van der Waals surface area contributed by atoms with Gasteiger partial charge in [0.2, 0.25) is 0 Å². The summed E-state index contributed by atoms with van der Waals surface area (Å²) in [6.07, 6.45) is -0.693. The summed E-state index contributed by atoms with van der Waals surface area (Å²) >= 11 is 0. The zero-order valence-corrected chi connectivity index (χ0v) is 12.1. The standard InChI is InChI=1S/C15H21NO4/c1-4-16(9-8-14(17)18)15(19)12(3)20-13-7-5-6-11(2)10-13/h5-7,10,12H,4,8-9H2,1-3H3,(H,17,18). The molecular formula is C15H21NO4. The van der Waals surface area contributed by atoms with Gasteiger partial charge in [0.15, 0.2) is 6.10 Å². The predicted octanol–water partition coefficient (Wildman–Crippen LogP) is 2.09. The Morgan fingerprint density at radius 1 is 1.40 bits per heavy atom. The summed E-state index contributed by atoms with van der Waals surface area (Å²) in [6.45, 7) is 6.11. The summed E-state index contributed by atoms with van der Waals surface area (Å²) < 4.78 is 5.61. The summed E-state index contributed by atoms with van der Waals surface area (Å²) in [5, 5.41) is 8.67. The Kier molecular flexibility index (Phi) is 6.03. The number of aliphatic carboxylic acids is 1. The fraction of sp³-hybridized carbons (Fsp3) is 0.467. The average molecular weight is 279 g/mol. The zero-order valence-electron chi connectivity index (χ0n) is 12.1. The van der Waals surface area contributed by atoms with Crippen molar-refractivity contribution in [2.24, 2.45) is 0 Å². The summed E-state index contributed by atoms with van der Waals surface area (Å²) in [7, 11) is 0. The molecule has 0 bridgehead atoms. The minimum atomic E-state index is -0.913. The van der Waals surface area contributed by atoms with Gasteiger partial charge in [-0.05, 0) is 38.5 Å². The van der Waals surface area contributed by atoms with E-state index in [4.69, 9.17) is 9.84 Å². The van der Waals surface area contributed by atoms with Gasteiger partial charge in [-0.3, -0.25) is 9.59 Å². The third-order valence-electron chi connectivity index (χ3n) is 2.94. The highest BCUT2D eigenvalue weighted by atomic mass is 16.5. The first kappa shape index (κ1) is 16.0. The SMILES string of the molecule is CCN(CCC(=O)O)C(=O)C(C)Oc1cccc(C)c1. The van der Waals surface area contributed by atoms with Crippen molar-refractivity contribution >= 4 is 11.9 Å². The van der Waals surface area contributed by atoms with Crippen LogP contribution in [0.15, 0.2) is 24.3 Å². The third-order valence-corrected chi connectivity index (χ3v) is 2.94. The van der Waals surface area contributed by atoms with Crippen LogP contribution in [0.1, 0.15) is 25.8 Å². The van der Waals surface area contributed by atoms with E-state index in [2.05, 4.69) is 0 Å². The molecule has 20 heavy (non-hydrogen) atoms. The molecule has 1 aromatic rings. The number of hydrogen-bond acceptors (Lipinski definition) is 3. The van der Waals surface area contributed by atoms with Gasteiger partial charge in [0.05, 0.1) is 6.42 Å². The van der Waals surface area contributed by atoms with Crippen LogP contribution in [-0.4, -0.2) is 41.1 Å². The van der Waals surface area contributed by atoms with E-state index < -0.39 is 12.1 Å². The maximum atomic E-state index is 12.2. The van der Waals surface area contributed by atoms with Crippen molar-refractivity contribution in [3.8, 4) is 5.75 Å². The summed E-state index contributed by atoms with van der Waals surface area (Å²) in [5.74, 6) is -0.473. The molecule has 0 spiro atoms. The topological polar surface area (TPSA) is 66.8 Å². The Morgan fingerprint density at radius 2 is 2.10 bits per heavy atom. The molecule has 0 saturated heterocycles. The fourth-order valence-corrected chi connectivity index (χ4v) is 1.86. The van der Waals surface area contributed by atoms with Gasteiger partial charge in [-0.25, -0.2) is 0 Å². The van der Waals surface area contributed by atoms with Gasteiger partial charge in [0.1, 0.15) is 5.75 Å². The molecule has 0 aliphatic rings. The number of hydrogen-bond donors (Lipinski definition) is 1. The number of carboxylic acid groups (broad SMARTS) is 1. The highest BCUT2D eigenvalue weighted by Gasteiger charge is 2.21. The van der Waals surface area contributed by atoms with E-state index in [1.54, 1.807) is 13.0 Å². The van der Waals surface area contributed by atoms with E-state index >= 15 is 0 Å². The van der Waals surface area contributed by atoms with Gasteiger partial charge in [0.25, 0.3) is 5.91 Å². The number of carboxylic acids is 1. The van der Waals surface area contributed by atoms with Crippen molar-refractivity contribution in [1.29, 1.82) is 0 Å². The van der Waals surface area contributed by atoms with Gasteiger partial charge in [0, 0.05) is 13.1 Å². The van der Waals surface area contributed by atoms with Crippen LogP contribution < -0.4 is 4.74 Å². The van der Waals surface area contributed by atoms with Crippen molar-refractivity contribution < 1.29 is 19.4 Å². The molecule has 110 valence electrons. The first-order chi connectivity index (χ1) is 9.43. The summed E-state index contributed by atoms with van der Waals surface area (Å²) in [5.41, 5.74) is 1.06. The van der Waals surface area contributed by atoms with Crippen LogP contribution in [0.2, 0.25) is 0 Å². The molecule has 1 atom stereocenters. The molecular weight excluding hydrogens is 258 g/mol. The Balaban J connectivity index is 2.62. The van der Waals surface area contributed by atoms with Crippen LogP contribution in [0.4, 0.5) is 0 Å². The van der Waals surface area contributed by atoms with E-state index in [0.29, 0.717) is 12.3 Å². The maximum absolute atomic E-state index is 12.2. The number of benzene rings is 1. The molecule has 0 saturated carbocycles. The Labute approximate surface area is 119 Å². The number of carbonyl (C=O) groups is 2. The van der Waals surface area contributed by atoms with Crippen LogP contribution in [0.3, 0.4) is 0 Å². The van der Waals surface area contributed by atoms with Crippen LogP contribution in [-0.2, 0) is 9.59 Å². The highest BCUT2D eigenvalue weighted by Crippen LogP contribution is 2.15. The monoisotopic (exact) mass is 279 g/mol. The molecule has 0 fully saturated rings. The number of amides is 1. The Hall–Kier alpha value is -2.04. The maximum Gasteiger partial charge on any atom is 0.305 e. The lowest BCUT2D eigenvalue weighted by molar-refractivity contribution is -0.140. The van der Waals surface area contributed by atoms with Crippen LogP contribution >= 0.6 is 0 Å². The van der Waals surface area contributed by atoms with E-state index in [9.17, 15) is 9.59 Å². The minimum Gasteiger partial charge on any atom is -0.481 e. The number of nitrogens with zero attached hydrogens (tertiary/aromatic N) is 1. The number of rotatable bonds is 7. The van der Waals surface area contributed by atoms with Crippen molar-refractivity contribution in [2.75, 3.05) is 13.1 Å². The zero-order chi connectivity index (χ0) is 15.1. The van der Waals surface area contributed by atoms with Gasteiger partial charge in [-0.1, -0.05) is 12.1 Å². The molecule has 5 nitrogen and oxygen atoms in total. The second kappa shape index (κ2) is 7.53. The fourth-order valence-electron chi connectivity index (χ4n) is 1.86. The van der Waals surface area contributed by atoms with Crippen molar-refractivity contribution in [1.82, 2.24) is 4.90 Å². The van der Waals surface area contributed by atoms with Crippen molar-refractivity contribution in [3.63, 3.8) is 0 Å². The lowest BCUT2D eigenvalue weighted by Gasteiger charge is -2.24. The van der Waals surface area contributed by atoms with Gasteiger partial charge in [-0.2, -0.15) is 0 Å². The molecule has 0 radical (unpaired) electrons. The Bertz CT molecular complexity index is 473. The molecule has 0 heterocycles. The molecule has 0 aliphatic carbocycles. The lowest BCUT2D eigenvalue weighted by Crippen LogP contribution is -2.41. The second-order valence-corrected chi connectivity index (χ2v) is 4.64. The van der Waals surface area contributed by atoms with Gasteiger partial charge in [-0.15, -0.1) is 0 Å².